The van der Waals surface area contributed by atoms with Crippen molar-refractivity contribution < 1.29 is 9.47 Å². The van der Waals surface area contributed by atoms with Gasteiger partial charge in [-0.1, -0.05) is 49.3 Å². The summed E-state index contributed by atoms with van der Waals surface area (Å²) in [6.07, 6.45) is 2.76. The molecule has 2 rings (SSSR count). The van der Waals surface area contributed by atoms with Crippen LogP contribution in [0, 0.1) is 0 Å². The number of rotatable bonds is 6. The molecule has 1 fully saturated rings. The third kappa shape index (κ3) is 5.41. The van der Waals surface area contributed by atoms with Gasteiger partial charge in [0, 0.05) is 17.4 Å². The van der Waals surface area contributed by atoms with Gasteiger partial charge in [0.25, 0.3) is 0 Å². The summed E-state index contributed by atoms with van der Waals surface area (Å²) >= 11 is 0. The molecule has 1 aliphatic rings. The van der Waals surface area contributed by atoms with E-state index in [1.807, 2.05) is 0 Å². The Labute approximate surface area is 144 Å². The van der Waals surface area contributed by atoms with Crippen LogP contribution in [0.2, 0.25) is 0 Å². The van der Waals surface area contributed by atoms with Gasteiger partial charge in [0.15, 0.2) is 0 Å². The zero-order valence-corrected chi connectivity index (χ0v) is 15.7. The van der Waals surface area contributed by atoms with Crippen LogP contribution in [-0.2, 0) is 9.47 Å². The van der Waals surface area contributed by atoms with Gasteiger partial charge in [0.1, 0.15) is 18.0 Å². The molecule has 3 atom stereocenters. The summed E-state index contributed by atoms with van der Waals surface area (Å²) in [5.74, 6) is 0.827. The molecule has 1 saturated heterocycles. The van der Waals surface area contributed by atoms with Gasteiger partial charge in [-0.05, 0) is 12.5 Å². The highest BCUT2D eigenvalue weighted by Gasteiger charge is 2.36. The predicted molar refractivity (Wildman–Crippen MR) is 96.4 cm³/mol. The first-order valence-electron chi connectivity index (χ1n) is 7.72. The lowest BCUT2D eigenvalue weighted by Gasteiger charge is -2.19. The van der Waals surface area contributed by atoms with Gasteiger partial charge >= 0.3 is 5.69 Å². The van der Waals surface area contributed by atoms with Gasteiger partial charge in [0.2, 0.25) is 0 Å². The predicted octanol–water partition coefficient (Wildman–Crippen LogP) is 3.05. The van der Waals surface area contributed by atoms with E-state index in [0.717, 1.165) is 6.42 Å². The molecule has 0 aliphatic carbocycles. The molecule has 1 unspecified atom stereocenters. The average molecular weight is 360 g/mol. The molecule has 0 amide bonds. The quantitative estimate of drug-likeness (QED) is 0.475. The molecule has 130 valence electrons. The van der Waals surface area contributed by atoms with Crippen LogP contribution in [0.25, 0.3) is 0 Å². The largest absolute Gasteiger partial charge is 0.383 e. The van der Waals surface area contributed by atoms with E-state index in [1.54, 1.807) is 33.9 Å². The second-order valence-electron chi connectivity index (χ2n) is 6.45. The summed E-state index contributed by atoms with van der Waals surface area (Å²) in [5, 5.41) is 0. The Morgan fingerprint density at radius 2 is 2.26 bits per heavy atom. The SMILES string of the molecule is CC[C@H]1O[C@@H](n2ccc(N)nc2=O)CC1OCSSC(C)(C)C. The van der Waals surface area contributed by atoms with Crippen molar-refractivity contribution in [3.05, 3.63) is 22.7 Å². The molecular formula is C15H25N3O3S2. The molecule has 1 aromatic heterocycles. The highest BCUT2D eigenvalue weighted by molar-refractivity contribution is 8.77. The standard InChI is InChI=1S/C15H25N3O3S2/c1-5-10-11(20-9-22-23-15(2,3)4)8-13(21-10)18-7-6-12(16)17-14(18)19/h6-7,10-11,13H,5,8-9H2,1-4H3,(H2,16,17,19)/t10-,11?,13-/m1/s1. The molecule has 1 aliphatic heterocycles. The van der Waals surface area contributed by atoms with Crippen LogP contribution in [0.1, 0.15) is 46.8 Å². The van der Waals surface area contributed by atoms with Gasteiger partial charge in [-0.15, -0.1) is 0 Å². The molecular weight excluding hydrogens is 334 g/mol. The number of ether oxygens (including phenoxy) is 2. The van der Waals surface area contributed by atoms with Gasteiger partial charge in [-0.25, -0.2) is 4.79 Å². The van der Waals surface area contributed by atoms with Gasteiger partial charge in [-0.3, -0.25) is 4.57 Å². The summed E-state index contributed by atoms with van der Waals surface area (Å²) in [7, 11) is 3.50. The van der Waals surface area contributed by atoms with Crippen LogP contribution in [0.5, 0.6) is 0 Å². The summed E-state index contributed by atoms with van der Waals surface area (Å²) < 4.78 is 13.6. The second-order valence-corrected chi connectivity index (χ2v) is 9.52. The minimum atomic E-state index is -0.386. The van der Waals surface area contributed by atoms with Crippen LogP contribution in [-0.4, -0.2) is 32.4 Å². The van der Waals surface area contributed by atoms with E-state index in [9.17, 15) is 4.79 Å². The maximum Gasteiger partial charge on any atom is 0.351 e. The van der Waals surface area contributed by atoms with Crippen molar-refractivity contribution in [1.29, 1.82) is 0 Å². The van der Waals surface area contributed by atoms with E-state index in [2.05, 4.69) is 32.7 Å². The van der Waals surface area contributed by atoms with Crippen LogP contribution >= 0.6 is 21.6 Å². The van der Waals surface area contributed by atoms with E-state index in [-0.39, 0.29) is 34.7 Å². The Kier molecular flexibility index (Phi) is 6.41. The molecule has 0 spiro atoms. The van der Waals surface area contributed by atoms with Gasteiger partial charge < -0.3 is 15.2 Å². The molecule has 2 heterocycles. The normalized spacial score (nSPS) is 25.0. The first-order valence-corrected chi connectivity index (χ1v) is 10.0. The van der Waals surface area contributed by atoms with Crippen molar-refractivity contribution in [3.8, 4) is 0 Å². The highest BCUT2D eigenvalue weighted by Crippen LogP contribution is 2.37. The molecule has 2 N–H and O–H groups in total. The van der Waals surface area contributed by atoms with Crippen LogP contribution < -0.4 is 11.4 Å². The summed E-state index contributed by atoms with van der Waals surface area (Å²) in [4.78, 5) is 15.7. The van der Waals surface area contributed by atoms with Crippen molar-refractivity contribution in [2.45, 2.75) is 63.7 Å². The summed E-state index contributed by atoms with van der Waals surface area (Å²) in [6, 6.07) is 1.61. The van der Waals surface area contributed by atoms with Crippen LogP contribution in [0.4, 0.5) is 5.82 Å². The van der Waals surface area contributed by atoms with E-state index in [0.29, 0.717) is 12.4 Å². The minimum absolute atomic E-state index is 0.00955. The van der Waals surface area contributed by atoms with Gasteiger partial charge in [-0.2, -0.15) is 4.98 Å². The van der Waals surface area contributed by atoms with Gasteiger partial charge in [0.05, 0.1) is 12.2 Å². The smallest absolute Gasteiger partial charge is 0.351 e. The Hall–Kier alpha value is -0.700. The van der Waals surface area contributed by atoms with E-state index < -0.39 is 0 Å². The van der Waals surface area contributed by atoms with E-state index in [4.69, 9.17) is 15.2 Å². The Balaban J connectivity index is 1.93. The Morgan fingerprint density at radius 3 is 2.87 bits per heavy atom. The molecule has 0 saturated carbocycles. The lowest BCUT2D eigenvalue weighted by molar-refractivity contribution is -0.0322. The molecule has 0 aromatic carbocycles. The number of hydrogen-bond donors (Lipinski definition) is 1. The van der Waals surface area contributed by atoms with Crippen molar-refractivity contribution in [3.63, 3.8) is 0 Å². The van der Waals surface area contributed by atoms with E-state index >= 15 is 0 Å². The summed E-state index contributed by atoms with van der Waals surface area (Å²) in [6.45, 7) is 8.59. The fourth-order valence-corrected chi connectivity index (χ4v) is 4.37. The Morgan fingerprint density at radius 1 is 1.52 bits per heavy atom. The lowest BCUT2D eigenvalue weighted by atomic mass is 10.1. The number of aromatic nitrogens is 2. The fourth-order valence-electron chi connectivity index (χ4n) is 2.37. The Bertz CT molecular complexity index is 574. The monoisotopic (exact) mass is 359 g/mol. The minimum Gasteiger partial charge on any atom is -0.383 e. The highest BCUT2D eigenvalue weighted by atomic mass is 33.1. The van der Waals surface area contributed by atoms with Crippen molar-refractivity contribution in [2.75, 3.05) is 11.7 Å². The molecule has 1 aromatic rings. The zero-order valence-electron chi connectivity index (χ0n) is 14.0. The number of anilines is 1. The van der Waals surface area contributed by atoms with Crippen LogP contribution in [0.15, 0.2) is 17.1 Å². The fraction of sp³-hybridized carbons (Fsp3) is 0.733. The number of hydrogen-bond acceptors (Lipinski definition) is 7. The maximum atomic E-state index is 11.9. The zero-order chi connectivity index (χ0) is 17.0. The first-order chi connectivity index (χ1) is 10.8. The molecule has 0 bridgehead atoms. The van der Waals surface area contributed by atoms with Crippen molar-refractivity contribution in [1.82, 2.24) is 9.55 Å². The summed E-state index contributed by atoms with van der Waals surface area (Å²) in [5.41, 5.74) is 5.14. The molecule has 8 heteroatoms. The maximum absolute atomic E-state index is 11.9. The first kappa shape index (κ1) is 18.6. The topological polar surface area (TPSA) is 79.4 Å². The molecule has 23 heavy (non-hydrogen) atoms. The third-order valence-corrected chi connectivity index (χ3v) is 6.38. The molecule has 6 nitrogen and oxygen atoms in total. The van der Waals surface area contributed by atoms with Crippen molar-refractivity contribution >= 4 is 27.4 Å². The molecule has 0 radical (unpaired) electrons. The number of nitrogens with two attached hydrogens (primary N) is 1. The number of nitrogen functional groups attached to an aromatic ring is 1. The van der Waals surface area contributed by atoms with Crippen molar-refractivity contribution in [2.24, 2.45) is 0 Å². The number of nitrogens with zero attached hydrogens (tertiary/aromatic N) is 2. The van der Waals surface area contributed by atoms with Crippen LogP contribution in [0.3, 0.4) is 0 Å². The van der Waals surface area contributed by atoms with E-state index in [1.165, 1.54) is 4.57 Å². The second kappa shape index (κ2) is 7.92. The lowest BCUT2D eigenvalue weighted by Crippen LogP contribution is -2.27. The third-order valence-electron chi connectivity index (χ3n) is 3.38. The average Bonchev–Trinajstić information content (AvgIpc) is 2.85.